The van der Waals surface area contributed by atoms with Gasteiger partial charge in [0.05, 0.1) is 19.2 Å². The quantitative estimate of drug-likeness (QED) is 0.745. The summed E-state index contributed by atoms with van der Waals surface area (Å²) >= 11 is 0. The number of hydrogen-bond acceptors (Lipinski definition) is 5. The van der Waals surface area contributed by atoms with Crippen LogP contribution in [0.2, 0.25) is 0 Å². The fourth-order valence-corrected chi connectivity index (χ4v) is 1.85. The maximum Gasteiger partial charge on any atom is 0.332 e. The zero-order valence-electron chi connectivity index (χ0n) is 11.1. The molecule has 3 N–H and O–H groups in total. The first-order valence-corrected chi connectivity index (χ1v) is 5.91. The summed E-state index contributed by atoms with van der Waals surface area (Å²) < 4.78 is 7.41. The Morgan fingerprint density at radius 3 is 2.74 bits per heavy atom. The lowest BCUT2D eigenvalue weighted by Crippen LogP contribution is -2.38. The van der Waals surface area contributed by atoms with Crippen LogP contribution >= 0.6 is 0 Å². The van der Waals surface area contributed by atoms with Crippen molar-refractivity contribution in [1.82, 2.24) is 19.1 Å². The van der Waals surface area contributed by atoms with Crippen LogP contribution in [-0.2, 0) is 18.3 Å². The third-order valence-corrected chi connectivity index (χ3v) is 2.95. The van der Waals surface area contributed by atoms with Crippen LogP contribution in [0.5, 0.6) is 0 Å². The van der Waals surface area contributed by atoms with Crippen molar-refractivity contribution in [2.75, 3.05) is 13.7 Å². The maximum absolute atomic E-state index is 12.1. The Hall–Kier alpha value is -1.93. The Morgan fingerprint density at radius 1 is 1.47 bits per heavy atom. The van der Waals surface area contributed by atoms with Crippen molar-refractivity contribution in [3.05, 3.63) is 26.7 Å². The monoisotopic (exact) mass is 267 g/mol. The van der Waals surface area contributed by atoms with Crippen LogP contribution in [0.1, 0.15) is 18.8 Å². The van der Waals surface area contributed by atoms with E-state index in [1.807, 2.05) is 0 Å². The third kappa shape index (κ3) is 2.20. The zero-order chi connectivity index (χ0) is 14.2. The van der Waals surface area contributed by atoms with Crippen molar-refractivity contribution >= 4 is 11.2 Å². The predicted molar refractivity (Wildman–Crippen MR) is 70.1 cm³/mol. The average molecular weight is 267 g/mol. The smallest absolute Gasteiger partial charge is 0.332 e. The normalized spacial score (nSPS) is 13.1. The lowest BCUT2D eigenvalue weighted by atomic mass is 10.3. The lowest BCUT2D eigenvalue weighted by molar-refractivity contribution is 0.186. The number of aromatic nitrogens is 4. The van der Waals surface area contributed by atoms with Gasteiger partial charge in [0.2, 0.25) is 0 Å². The lowest BCUT2D eigenvalue weighted by Gasteiger charge is -2.07. The van der Waals surface area contributed by atoms with Crippen molar-refractivity contribution in [3.8, 4) is 0 Å². The molecule has 0 amide bonds. The molecule has 2 rings (SSSR count). The summed E-state index contributed by atoms with van der Waals surface area (Å²) in [5.41, 5.74) is 5.51. The molecule has 0 radical (unpaired) electrons. The Balaban J connectivity index is 2.78. The van der Waals surface area contributed by atoms with Gasteiger partial charge >= 0.3 is 5.69 Å². The highest BCUT2D eigenvalue weighted by atomic mass is 16.5. The molecule has 0 saturated carbocycles. The molecule has 0 aliphatic carbocycles. The number of hydrogen-bond donors (Lipinski definition) is 2. The second-order valence-electron chi connectivity index (χ2n) is 4.40. The molecule has 0 spiro atoms. The van der Waals surface area contributed by atoms with Gasteiger partial charge in [-0.25, -0.2) is 9.78 Å². The first-order valence-electron chi connectivity index (χ1n) is 5.91. The van der Waals surface area contributed by atoms with Crippen LogP contribution in [0.25, 0.3) is 11.2 Å². The van der Waals surface area contributed by atoms with E-state index >= 15 is 0 Å². The predicted octanol–water partition coefficient (Wildman–Crippen LogP) is -0.911. The van der Waals surface area contributed by atoms with E-state index in [1.54, 1.807) is 14.0 Å². The number of ether oxygens (including phenoxy) is 1. The summed E-state index contributed by atoms with van der Waals surface area (Å²) in [7, 11) is 2.97. The molecule has 0 aliphatic rings. The molecule has 0 aromatic carbocycles. The van der Waals surface area contributed by atoms with Crippen LogP contribution in [-0.4, -0.2) is 32.8 Å². The number of nitrogens with two attached hydrogens (primary N) is 1. The molecule has 1 atom stereocenters. The van der Waals surface area contributed by atoms with Crippen LogP contribution in [0.4, 0.5) is 0 Å². The van der Waals surface area contributed by atoms with Gasteiger partial charge in [-0.3, -0.25) is 13.9 Å². The first kappa shape index (κ1) is 13.5. The molecule has 0 aliphatic heterocycles. The Morgan fingerprint density at radius 2 is 2.16 bits per heavy atom. The van der Waals surface area contributed by atoms with Gasteiger partial charge in [-0.05, 0) is 6.92 Å². The van der Waals surface area contributed by atoms with E-state index in [4.69, 9.17) is 10.5 Å². The largest absolute Gasteiger partial charge is 0.383 e. The number of rotatable bonds is 4. The number of nitrogens with one attached hydrogen (secondary N) is 1. The molecule has 8 heteroatoms. The second kappa shape index (κ2) is 4.98. The Labute approximate surface area is 108 Å². The summed E-state index contributed by atoms with van der Waals surface area (Å²) in [5.74, 6) is 0.476. The van der Waals surface area contributed by atoms with Crippen molar-refractivity contribution in [2.24, 2.45) is 12.8 Å². The van der Waals surface area contributed by atoms with E-state index < -0.39 is 11.2 Å². The van der Waals surface area contributed by atoms with E-state index in [2.05, 4.69) is 9.97 Å². The van der Waals surface area contributed by atoms with Gasteiger partial charge in [-0.1, -0.05) is 0 Å². The van der Waals surface area contributed by atoms with Gasteiger partial charge in [0.1, 0.15) is 11.3 Å². The Kier molecular flexibility index (Phi) is 3.54. The minimum absolute atomic E-state index is 0.283. The van der Waals surface area contributed by atoms with E-state index in [1.165, 1.54) is 11.6 Å². The summed E-state index contributed by atoms with van der Waals surface area (Å²) in [6.07, 6.45) is 0. The number of nitrogens with zero attached hydrogens (tertiary/aromatic N) is 3. The number of fused-ring (bicyclic) bond motifs is 1. The first-order chi connectivity index (χ1) is 8.97. The molecule has 19 heavy (non-hydrogen) atoms. The minimum Gasteiger partial charge on any atom is -0.383 e. The van der Waals surface area contributed by atoms with E-state index in [0.717, 1.165) is 4.57 Å². The minimum atomic E-state index is -0.419. The van der Waals surface area contributed by atoms with Crippen molar-refractivity contribution in [1.29, 1.82) is 0 Å². The van der Waals surface area contributed by atoms with Crippen LogP contribution < -0.4 is 17.0 Å². The van der Waals surface area contributed by atoms with Gasteiger partial charge in [0.15, 0.2) is 5.65 Å². The molecule has 2 aromatic heterocycles. The van der Waals surface area contributed by atoms with E-state index in [0.29, 0.717) is 24.6 Å². The SMILES string of the molecule is COCCn1c(=O)n(C)c(=O)c2[nH]c(C(C)N)nc21. The number of imidazole rings is 1. The molecule has 104 valence electrons. The molecular formula is C11H17N5O3. The second-order valence-corrected chi connectivity index (χ2v) is 4.40. The van der Waals surface area contributed by atoms with Gasteiger partial charge in [-0.2, -0.15) is 0 Å². The molecule has 8 nitrogen and oxygen atoms in total. The molecule has 2 heterocycles. The van der Waals surface area contributed by atoms with Crippen LogP contribution in [0.3, 0.4) is 0 Å². The van der Waals surface area contributed by atoms with Crippen molar-refractivity contribution < 1.29 is 4.74 Å². The summed E-state index contributed by atoms with van der Waals surface area (Å²) in [6, 6.07) is -0.344. The van der Waals surface area contributed by atoms with Gasteiger partial charge in [0, 0.05) is 14.2 Å². The van der Waals surface area contributed by atoms with Crippen LogP contribution in [0, 0.1) is 0 Å². The van der Waals surface area contributed by atoms with Gasteiger partial charge < -0.3 is 15.5 Å². The third-order valence-electron chi connectivity index (χ3n) is 2.95. The van der Waals surface area contributed by atoms with Gasteiger partial charge in [0.25, 0.3) is 5.56 Å². The topological polar surface area (TPSA) is 108 Å². The maximum atomic E-state index is 12.1. The van der Waals surface area contributed by atoms with Crippen molar-refractivity contribution in [2.45, 2.75) is 19.5 Å². The highest BCUT2D eigenvalue weighted by Crippen LogP contribution is 2.10. The summed E-state index contributed by atoms with van der Waals surface area (Å²) in [5, 5.41) is 0. The fourth-order valence-electron chi connectivity index (χ4n) is 1.85. The average Bonchev–Trinajstić information content (AvgIpc) is 2.81. The van der Waals surface area contributed by atoms with E-state index in [9.17, 15) is 9.59 Å². The van der Waals surface area contributed by atoms with E-state index in [-0.39, 0.29) is 11.6 Å². The van der Waals surface area contributed by atoms with Crippen LogP contribution in [0.15, 0.2) is 9.59 Å². The number of methoxy groups -OCH3 is 1. The zero-order valence-corrected chi connectivity index (χ0v) is 11.1. The highest BCUT2D eigenvalue weighted by Gasteiger charge is 2.16. The molecular weight excluding hydrogens is 250 g/mol. The molecule has 1 unspecified atom stereocenters. The highest BCUT2D eigenvalue weighted by molar-refractivity contribution is 5.69. The molecule has 0 fully saturated rings. The van der Waals surface area contributed by atoms with Gasteiger partial charge in [-0.15, -0.1) is 0 Å². The number of aromatic amines is 1. The molecule has 0 saturated heterocycles. The van der Waals surface area contributed by atoms with Crippen molar-refractivity contribution in [3.63, 3.8) is 0 Å². The summed E-state index contributed by atoms with van der Waals surface area (Å²) in [6.45, 7) is 2.43. The summed E-state index contributed by atoms with van der Waals surface area (Å²) in [4.78, 5) is 31.2. The standard InChI is InChI=1S/C11H17N5O3/c1-6(12)8-13-7-9(14-8)16(4-5-19-3)11(18)15(2)10(7)17/h6H,4-5,12H2,1-3H3,(H,13,14). The molecule has 0 bridgehead atoms. The fraction of sp³-hybridized carbons (Fsp3) is 0.545. The molecule has 2 aromatic rings. The number of H-pyrrole nitrogens is 1. The Bertz CT molecular complexity index is 709.